The first-order chi connectivity index (χ1) is 7.49. The van der Waals surface area contributed by atoms with Gasteiger partial charge < -0.3 is 10.1 Å². The molecule has 2 rings (SSSR count). The predicted molar refractivity (Wildman–Crippen MR) is 65.1 cm³/mol. The van der Waals surface area contributed by atoms with E-state index in [1.54, 1.807) is 0 Å². The molecule has 0 aliphatic carbocycles. The first-order valence-electron chi connectivity index (χ1n) is 5.18. The maximum Gasteiger partial charge on any atom is 0.407 e. The van der Waals surface area contributed by atoms with Gasteiger partial charge in [-0.2, -0.15) is 0 Å². The van der Waals surface area contributed by atoms with E-state index in [0.29, 0.717) is 6.61 Å². The summed E-state index contributed by atoms with van der Waals surface area (Å²) in [6.45, 7) is 4.61. The molecule has 0 spiro atoms. The average molecular weight is 284 g/mol. The first-order valence-corrected chi connectivity index (χ1v) is 5.97. The number of hydrogen-bond donors (Lipinski definition) is 1. The molecule has 0 aromatic heterocycles. The number of carbonyl (C=O) groups is 1. The van der Waals surface area contributed by atoms with Gasteiger partial charge in [0.15, 0.2) is 0 Å². The second kappa shape index (κ2) is 4.09. The molecule has 0 radical (unpaired) electrons. The lowest BCUT2D eigenvalue weighted by atomic mass is 9.80. The van der Waals surface area contributed by atoms with Crippen molar-refractivity contribution < 1.29 is 9.53 Å². The zero-order chi connectivity index (χ0) is 11.8. The van der Waals surface area contributed by atoms with Crippen molar-refractivity contribution in [3.63, 3.8) is 0 Å². The van der Waals surface area contributed by atoms with Crippen molar-refractivity contribution >= 4 is 22.0 Å². The minimum Gasteiger partial charge on any atom is -0.449 e. The Kier molecular flexibility index (Phi) is 2.93. The fraction of sp³-hybridized carbons (Fsp3) is 0.417. The van der Waals surface area contributed by atoms with Crippen molar-refractivity contribution in [3.05, 3.63) is 34.3 Å². The van der Waals surface area contributed by atoms with Crippen molar-refractivity contribution in [1.82, 2.24) is 5.32 Å². The van der Waals surface area contributed by atoms with E-state index in [1.165, 1.54) is 0 Å². The highest BCUT2D eigenvalue weighted by atomic mass is 79.9. The Hall–Kier alpha value is -1.03. The van der Waals surface area contributed by atoms with Gasteiger partial charge in [0.05, 0.1) is 6.04 Å². The molecule has 1 N–H and O–H groups in total. The molecule has 16 heavy (non-hydrogen) atoms. The molecule has 1 aliphatic heterocycles. The average Bonchev–Trinajstić information content (AvgIpc) is 2.23. The summed E-state index contributed by atoms with van der Waals surface area (Å²) in [5.41, 5.74) is 1.01. The van der Waals surface area contributed by atoms with Gasteiger partial charge in [0.1, 0.15) is 6.61 Å². The molecule has 0 bridgehead atoms. The fourth-order valence-electron chi connectivity index (χ4n) is 1.88. The molecule has 3 nitrogen and oxygen atoms in total. The Balaban J connectivity index is 2.30. The number of alkyl carbamates (subject to hydrolysis) is 1. The molecule has 1 amide bonds. The fourth-order valence-corrected chi connectivity index (χ4v) is 2.14. The van der Waals surface area contributed by atoms with Crippen LogP contribution in [-0.2, 0) is 4.74 Å². The summed E-state index contributed by atoms with van der Waals surface area (Å²) in [4.78, 5) is 11.3. The van der Waals surface area contributed by atoms with Gasteiger partial charge in [-0.1, -0.05) is 41.9 Å². The van der Waals surface area contributed by atoms with Gasteiger partial charge in [0.25, 0.3) is 0 Å². The maximum atomic E-state index is 11.3. The molecule has 0 unspecified atom stereocenters. The van der Waals surface area contributed by atoms with Crippen molar-refractivity contribution in [1.29, 1.82) is 0 Å². The van der Waals surface area contributed by atoms with Crippen molar-refractivity contribution in [2.45, 2.75) is 19.9 Å². The minimum atomic E-state index is -0.341. The van der Waals surface area contributed by atoms with E-state index in [2.05, 4.69) is 35.1 Å². The van der Waals surface area contributed by atoms with E-state index in [9.17, 15) is 4.79 Å². The monoisotopic (exact) mass is 283 g/mol. The summed E-state index contributed by atoms with van der Waals surface area (Å²) >= 11 is 3.40. The van der Waals surface area contributed by atoms with Gasteiger partial charge in [-0.3, -0.25) is 0 Å². The third-order valence-corrected chi connectivity index (χ3v) is 3.35. The zero-order valence-corrected chi connectivity index (χ0v) is 10.9. The number of cyclic esters (lactones) is 1. The summed E-state index contributed by atoms with van der Waals surface area (Å²) in [7, 11) is 0. The Bertz CT molecular complexity index is 400. The highest BCUT2D eigenvalue weighted by molar-refractivity contribution is 9.10. The molecule has 1 aromatic rings. The van der Waals surface area contributed by atoms with Gasteiger partial charge in [-0.15, -0.1) is 0 Å². The van der Waals surface area contributed by atoms with Crippen LogP contribution in [0.2, 0.25) is 0 Å². The molecule has 1 atom stereocenters. The van der Waals surface area contributed by atoms with E-state index in [-0.39, 0.29) is 17.6 Å². The van der Waals surface area contributed by atoms with Crippen LogP contribution in [0.15, 0.2) is 28.7 Å². The van der Waals surface area contributed by atoms with Crippen LogP contribution in [0.25, 0.3) is 0 Å². The highest BCUT2D eigenvalue weighted by Gasteiger charge is 2.37. The van der Waals surface area contributed by atoms with Crippen LogP contribution >= 0.6 is 15.9 Å². The number of hydrogen-bond acceptors (Lipinski definition) is 2. The van der Waals surface area contributed by atoms with Crippen LogP contribution in [0, 0.1) is 5.41 Å². The van der Waals surface area contributed by atoms with Crippen molar-refractivity contribution in [2.24, 2.45) is 5.41 Å². The zero-order valence-electron chi connectivity index (χ0n) is 9.29. The largest absolute Gasteiger partial charge is 0.449 e. The summed E-state index contributed by atoms with van der Waals surface area (Å²) in [5.74, 6) is 0. The third kappa shape index (κ3) is 2.21. The molecule has 1 heterocycles. The normalized spacial score (nSPS) is 23.4. The van der Waals surface area contributed by atoms with Crippen LogP contribution in [0.5, 0.6) is 0 Å². The van der Waals surface area contributed by atoms with Crippen LogP contribution in [0.4, 0.5) is 4.79 Å². The maximum absolute atomic E-state index is 11.3. The first kappa shape index (κ1) is 11.5. The Labute approximate surface area is 103 Å². The molecule has 1 aliphatic rings. The lowest BCUT2D eigenvalue weighted by Crippen LogP contribution is -2.46. The molecule has 1 saturated heterocycles. The topological polar surface area (TPSA) is 38.3 Å². The third-order valence-electron chi connectivity index (χ3n) is 2.82. The number of halogens is 1. The number of rotatable bonds is 1. The van der Waals surface area contributed by atoms with Gasteiger partial charge in [0, 0.05) is 9.89 Å². The lowest BCUT2D eigenvalue weighted by Gasteiger charge is -2.38. The highest BCUT2D eigenvalue weighted by Crippen LogP contribution is 2.36. The molecule has 86 valence electrons. The van der Waals surface area contributed by atoms with Gasteiger partial charge in [-0.25, -0.2) is 4.79 Å². The van der Waals surface area contributed by atoms with E-state index in [1.807, 2.05) is 24.3 Å². The number of carbonyl (C=O) groups excluding carboxylic acids is 1. The second-order valence-corrected chi connectivity index (χ2v) is 5.61. The van der Waals surface area contributed by atoms with Crippen LogP contribution in [0.1, 0.15) is 25.5 Å². The molecular weight excluding hydrogens is 270 g/mol. The van der Waals surface area contributed by atoms with Crippen LogP contribution in [0.3, 0.4) is 0 Å². The molecule has 0 saturated carbocycles. The minimum absolute atomic E-state index is 0.00171. The van der Waals surface area contributed by atoms with Gasteiger partial charge in [-0.05, 0) is 17.7 Å². The lowest BCUT2D eigenvalue weighted by molar-refractivity contribution is 0.0387. The summed E-state index contributed by atoms with van der Waals surface area (Å²) in [5, 5.41) is 2.87. The number of nitrogens with one attached hydrogen (secondary N) is 1. The SMILES string of the molecule is CC1(C)COC(=O)N[C@H]1c1ccc(Br)cc1. The molecule has 1 fully saturated rings. The molecule has 4 heteroatoms. The predicted octanol–water partition coefficient (Wildman–Crippen LogP) is 3.26. The smallest absolute Gasteiger partial charge is 0.407 e. The summed E-state index contributed by atoms with van der Waals surface area (Å²) in [6, 6.07) is 7.99. The Morgan fingerprint density at radius 2 is 2.00 bits per heavy atom. The van der Waals surface area contributed by atoms with E-state index >= 15 is 0 Å². The number of benzene rings is 1. The second-order valence-electron chi connectivity index (χ2n) is 4.69. The number of amides is 1. The van der Waals surface area contributed by atoms with Crippen molar-refractivity contribution in [3.8, 4) is 0 Å². The Morgan fingerprint density at radius 1 is 1.38 bits per heavy atom. The standard InChI is InChI=1S/C12H14BrNO2/c1-12(2)7-16-11(15)14-10(12)8-3-5-9(13)6-4-8/h3-6,10H,7H2,1-2H3,(H,14,15)/t10-/m0/s1. The van der Waals surface area contributed by atoms with Crippen LogP contribution < -0.4 is 5.32 Å². The quantitative estimate of drug-likeness (QED) is 0.859. The van der Waals surface area contributed by atoms with E-state index in [4.69, 9.17) is 4.74 Å². The summed E-state index contributed by atoms with van der Waals surface area (Å²) < 4.78 is 6.04. The van der Waals surface area contributed by atoms with Crippen molar-refractivity contribution in [2.75, 3.05) is 6.61 Å². The molecular formula is C12H14BrNO2. The van der Waals surface area contributed by atoms with Gasteiger partial charge >= 0.3 is 6.09 Å². The van der Waals surface area contributed by atoms with Crippen LogP contribution in [-0.4, -0.2) is 12.7 Å². The molecule has 1 aromatic carbocycles. The number of ether oxygens (including phenoxy) is 1. The van der Waals surface area contributed by atoms with E-state index < -0.39 is 0 Å². The Morgan fingerprint density at radius 3 is 2.62 bits per heavy atom. The summed E-state index contributed by atoms with van der Waals surface area (Å²) in [6.07, 6.45) is -0.341. The van der Waals surface area contributed by atoms with Gasteiger partial charge in [0.2, 0.25) is 0 Å². The van der Waals surface area contributed by atoms with E-state index in [0.717, 1.165) is 10.0 Å².